The monoisotopic (exact) mass is 383 g/mol. The van der Waals surface area contributed by atoms with Gasteiger partial charge < -0.3 is 5.11 Å². The predicted molar refractivity (Wildman–Crippen MR) is 111 cm³/mol. The van der Waals surface area contributed by atoms with Crippen LogP contribution in [0, 0.1) is 6.92 Å². The molecule has 2 N–H and O–H groups in total. The summed E-state index contributed by atoms with van der Waals surface area (Å²) in [6.45, 7) is 1.95. The first-order valence-corrected chi connectivity index (χ1v) is 10.1. The number of aryl methyl sites for hydroxylation is 1. The highest BCUT2D eigenvalue weighted by Gasteiger charge is 2.12. The average molecular weight is 384 g/mol. The highest BCUT2D eigenvalue weighted by molar-refractivity contribution is 7.19. The van der Waals surface area contributed by atoms with Gasteiger partial charge in [-0.15, -0.1) is 11.3 Å². The van der Waals surface area contributed by atoms with Gasteiger partial charge in [-0.2, -0.15) is 5.10 Å². The second-order valence-electron chi connectivity index (χ2n) is 6.49. The molecule has 0 aromatic carbocycles. The van der Waals surface area contributed by atoms with Gasteiger partial charge in [0.15, 0.2) is 5.82 Å². The maximum absolute atomic E-state index is 9.34. The van der Waals surface area contributed by atoms with E-state index in [1.54, 1.807) is 18.6 Å². The van der Waals surface area contributed by atoms with Crippen molar-refractivity contribution < 1.29 is 5.11 Å². The molecular formula is C20H25N5OS. The SMILES string of the molecule is C1CCCCC1.Cc1c(CO)sc2c(NN=Cc3cccnc3)ncnc12. The van der Waals surface area contributed by atoms with Gasteiger partial charge in [0, 0.05) is 22.8 Å². The van der Waals surface area contributed by atoms with Crippen molar-refractivity contribution >= 4 is 33.6 Å². The zero-order valence-corrected chi connectivity index (χ0v) is 16.4. The van der Waals surface area contributed by atoms with Crippen molar-refractivity contribution in [3.8, 4) is 0 Å². The third-order valence-corrected chi connectivity index (χ3v) is 5.79. The molecule has 0 unspecified atom stereocenters. The van der Waals surface area contributed by atoms with Crippen molar-refractivity contribution in [3.05, 3.63) is 46.9 Å². The Hall–Kier alpha value is -2.38. The first-order valence-electron chi connectivity index (χ1n) is 9.32. The summed E-state index contributed by atoms with van der Waals surface area (Å²) >= 11 is 1.47. The number of hydrazone groups is 1. The molecule has 0 amide bonds. The number of aliphatic hydroxyl groups is 1. The summed E-state index contributed by atoms with van der Waals surface area (Å²) in [4.78, 5) is 13.4. The molecule has 3 heterocycles. The molecule has 1 aliphatic carbocycles. The van der Waals surface area contributed by atoms with E-state index in [0.717, 1.165) is 26.2 Å². The third kappa shape index (κ3) is 5.30. The topological polar surface area (TPSA) is 83.3 Å². The smallest absolute Gasteiger partial charge is 0.167 e. The van der Waals surface area contributed by atoms with Crippen LogP contribution in [0.15, 0.2) is 36.0 Å². The molecule has 0 aliphatic heterocycles. The molecule has 1 saturated carbocycles. The molecule has 142 valence electrons. The molecule has 1 fully saturated rings. The molecule has 4 rings (SSSR count). The highest BCUT2D eigenvalue weighted by Crippen LogP contribution is 2.33. The summed E-state index contributed by atoms with van der Waals surface area (Å²) in [6, 6.07) is 3.76. The van der Waals surface area contributed by atoms with E-state index in [1.807, 2.05) is 19.1 Å². The summed E-state index contributed by atoms with van der Waals surface area (Å²) in [7, 11) is 0. The zero-order chi connectivity index (χ0) is 18.9. The van der Waals surface area contributed by atoms with Crippen LogP contribution < -0.4 is 5.43 Å². The molecule has 0 bridgehead atoms. The Bertz CT molecular complexity index is 863. The summed E-state index contributed by atoms with van der Waals surface area (Å²) in [5.74, 6) is 0.632. The fourth-order valence-corrected chi connectivity index (χ4v) is 4.04. The van der Waals surface area contributed by atoms with Crippen LogP contribution in [0.1, 0.15) is 54.5 Å². The minimum Gasteiger partial charge on any atom is -0.391 e. The Morgan fingerprint density at radius 2 is 1.93 bits per heavy atom. The van der Waals surface area contributed by atoms with Crippen molar-refractivity contribution in [2.24, 2.45) is 5.10 Å². The van der Waals surface area contributed by atoms with E-state index in [1.165, 1.54) is 56.2 Å². The number of thiophene rings is 1. The van der Waals surface area contributed by atoms with Crippen molar-refractivity contribution in [2.75, 3.05) is 5.43 Å². The van der Waals surface area contributed by atoms with Gasteiger partial charge >= 0.3 is 0 Å². The summed E-state index contributed by atoms with van der Waals surface area (Å²) in [5.41, 5.74) is 5.65. The van der Waals surface area contributed by atoms with Gasteiger partial charge in [0.1, 0.15) is 6.33 Å². The predicted octanol–water partition coefficient (Wildman–Crippen LogP) is 4.67. The minimum atomic E-state index is 0.00521. The number of nitrogens with zero attached hydrogens (tertiary/aromatic N) is 4. The van der Waals surface area contributed by atoms with Gasteiger partial charge in [-0.1, -0.05) is 44.6 Å². The summed E-state index contributed by atoms with van der Waals surface area (Å²) in [5, 5.41) is 13.5. The van der Waals surface area contributed by atoms with Gasteiger partial charge in [-0.3, -0.25) is 10.4 Å². The lowest BCUT2D eigenvalue weighted by molar-refractivity contribution is 0.285. The molecule has 1 aliphatic rings. The van der Waals surface area contributed by atoms with Crippen LogP contribution in [-0.4, -0.2) is 26.3 Å². The Balaban J connectivity index is 0.000000299. The van der Waals surface area contributed by atoms with E-state index >= 15 is 0 Å². The number of aromatic nitrogens is 3. The number of nitrogens with one attached hydrogen (secondary N) is 1. The fraction of sp³-hybridized carbons (Fsp3) is 0.400. The maximum Gasteiger partial charge on any atom is 0.167 e. The van der Waals surface area contributed by atoms with Gasteiger partial charge in [0.25, 0.3) is 0 Å². The second kappa shape index (κ2) is 10.1. The molecule has 6 nitrogen and oxygen atoms in total. The van der Waals surface area contributed by atoms with E-state index in [9.17, 15) is 5.11 Å². The summed E-state index contributed by atoms with van der Waals surface area (Å²) < 4.78 is 0.891. The molecule has 3 aromatic heterocycles. The van der Waals surface area contributed by atoms with Crippen LogP contribution in [0.25, 0.3) is 10.2 Å². The second-order valence-corrected chi connectivity index (χ2v) is 7.59. The highest BCUT2D eigenvalue weighted by atomic mass is 32.1. The van der Waals surface area contributed by atoms with Crippen molar-refractivity contribution in [2.45, 2.75) is 52.1 Å². The Kier molecular flexibility index (Phi) is 7.24. The van der Waals surface area contributed by atoms with Crippen molar-refractivity contribution in [1.29, 1.82) is 0 Å². The van der Waals surface area contributed by atoms with Gasteiger partial charge in [0.05, 0.1) is 23.0 Å². The van der Waals surface area contributed by atoms with Crippen molar-refractivity contribution in [1.82, 2.24) is 15.0 Å². The molecule has 3 aromatic rings. The summed E-state index contributed by atoms with van der Waals surface area (Å²) in [6.07, 6.45) is 15.6. The number of anilines is 1. The van der Waals surface area contributed by atoms with Crippen LogP contribution in [0.3, 0.4) is 0 Å². The number of rotatable bonds is 4. The van der Waals surface area contributed by atoms with Crippen LogP contribution in [0.2, 0.25) is 0 Å². The molecule has 0 spiro atoms. The molecule has 0 saturated heterocycles. The van der Waals surface area contributed by atoms with Crippen LogP contribution >= 0.6 is 11.3 Å². The fourth-order valence-electron chi connectivity index (χ4n) is 2.98. The van der Waals surface area contributed by atoms with E-state index in [0.29, 0.717) is 5.82 Å². The molecule has 27 heavy (non-hydrogen) atoms. The standard InChI is InChI=1S/C14H13N5OS.C6H12/c1-9-11(7-20)21-13-12(9)16-8-17-14(13)19-18-6-10-3-2-4-15-5-10;1-2-4-6-5-3-1/h2-6,8,20H,7H2,1H3,(H,16,17,19);1-6H2. The number of hydrogen-bond donors (Lipinski definition) is 2. The van der Waals surface area contributed by atoms with Crippen LogP contribution in [-0.2, 0) is 6.61 Å². The third-order valence-electron chi connectivity index (χ3n) is 4.51. The van der Waals surface area contributed by atoms with E-state index in [4.69, 9.17) is 0 Å². The normalized spacial score (nSPS) is 14.1. The largest absolute Gasteiger partial charge is 0.391 e. The lowest BCUT2D eigenvalue weighted by Gasteiger charge is -2.05. The van der Waals surface area contributed by atoms with Gasteiger partial charge in [-0.25, -0.2) is 9.97 Å². The van der Waals surface area contributed by atoms with E-state index in [-0.39, 0.29) is 6.61 Å². The van der Waals surface area contributed by atoms with E-state index < -0.39 is 0 Å². The number of aliphatic hydroxyl groups excluding tert-OH is 1. The number of fused-ring (bicyclic) bond motifs is 1. The molecule has 0 radical (unpaired) electrons. The minimum absolute atomic E-state index is 0.00521. The quantitative estimate of drug-likeness (QED) is 0.505. The average Bonchev–Trinajstić information content (AvgIpc) is 3.07. The van der Waals surface area contributed by atoms with Crippen LogP contribution in [0.4, 0.5) is 5.82 Å². The van der Waals surface area contributed by atoms with E-state index in [2.05, 4.69) is 25.5 Å². The Labute approximate surface area is 163 Å². The zero-order valence-electron chi connectivity index (χ0n) is 15.6. The Morgan fingerprint density at radius 1 is 1.19 bits per heavy atom. The number of pyridine rings is 1. The van der Waals surface area contributed by atoms with Crippen molar-refractivity contribution in [3.63, 3.8) is 0 Å². The Morgan fingerprint density at radius 3 is 2.56 bits per heavy atom. The lowest BCUT2D eigenvalue weighted by Crippen LogP contribution is -1.94. The molecule has 0 atom stereocenters. The van der Waals surface area contributed by atoms with Gasteiger partial charge in [-0.05, 0) is 18.6 Å². The molecule has 7 heteroatoms. The van der Waals surface area contributed by atoms with Gasteiger partial charge in [0.2, 0.25) is 0 Å². The number of hydrogen-bond acceptors (Lipinski definition) is 7. The molecular weight excluding hydrogens is 358 g/mol. The maximum atomic E-state index is 9.34. The van der Waals surface area contributed by atoms with Crippen LogP contribution in [0.5, 0.6) is 0 Å². The first-order chi connectivity index (χ1) is 13.3. The first kappa shape index (κ1) is 19.4. The lowest BCUT2D eigenvalue weighted by atomic mass is 10.0.